The highest BCUT2D eigenvalue weighted by Gasteiger charge is 2.19. The van der Waals surface area contributed by atoms with Gasteiger partial charge < -0.3 is 4.90 Å². The van der Waals surface area contributed by atoms with E-state index < -0.39 is 10.0 Å². The molecule has 0 amide bonds. The minimum Gasteiger partial charge on any atom is -0.304 e. The monoisotopic (exact) mass is 392 g/mol. The Labute approximate surface area is 163 Å². The molecule has 4 rings (SSSR count). The van der Waals surface area contributed by atoms with Gasteiger partial charge in [-0.1, -0.05) is 36.4 Å². The lowest BCUT2D eigenvalue weighted by atomic mass is 10.2. The first-order valence-corrected chi connectivity index (χ1v) is 10.3. The third kappa shape index (κ3) is 3.54. The number of nitrogens with zero attached hydrogens (tertiary/aromatic N) is 3. The Kier molecular flexibility index (Phi) is 4.70. The molecule has 0 radical (unpaired) electrons. The molecular weight excluding hydrogens is 372 g/mol. The highest BCUT2D eigenvalue weighted by molar-refractivity contribution is 7.93. The molecule has 0 aliphatic rings. The van der Waals surface area contributed by atoms with Gasteiger partial charge in [-0.25, -0.2) is 13.4 Å². The van der Waals surface area contributed by atoms with Gasteiger partial charge in [-0.3, -0.25) is 9.71 Å². The number of pyridine rings is 2. The van der Waals surface area contributed by atoms with E-state index in [-0.39, 0.29) is 4.90 Å². The van der Waals surface area contributed by atoms with E-state index in [0.29, 0.717) is 23.3 Å². The van der Waals surface area contributed by atoms with Gasteiger partial charge in [-0.05, 0) is 38.4 Å². The van der Waals surface area contributed by atoms with Crippen molar-refractivity contribution in [1.29, 1.82) is 0 Å². The topological polar surface area (TPSA) is 75.2 Å². The van der Waals surface area contributed by atoms with E-state index in [1.165, 1.54) is 0 Å². The van der Waals surface area contributed by atoms with Crippen LogP contribution in [0.4, 0.5) is 5.69 Å². The van der Waals surface area contributed by atoms with Gasteiger partial charge in [0.15, 0.2) is 0 Å². The van der Waals surface area contributed by atoms with E-state index in [4.69, 9.17) is 0 Å². The lowest BCUT2D eigenvalue weighted by Crippen LogP contribution is -2.15. The summed E-state index contributed by atoms with van der Waals surface area (Å²) in [6.07, 6.45) is 1.59. The molecular formula is C21H20N4O2S. The summed E-state index contributed by atoms with van der Waals surface area (Å²) in [7, 11) is 0.102. The zero-order valence-corrected chi connectivity index (χ0v) is 16.4. The molecule has 0 saturated carbocycles. The lowest BCUT2D eigenvalue weighted by molar-refractivity contribution is 0.397. The van der Waals surface area contributed by atoms with Crippen LogP contribution in [0.3, 0.4) is 0 Å². The van der Waals surface area contributed by atoms with Gasteiger partial charge >= 0.3 is 0 Å². The predicted molar refractivity (Wildman–Crippen MR) is 112 cm³/mol. The molecule has 28 heavy (non-hydrogen) atoms. The molecule has 7 heteroatoms. The van der Waals surface area contributed by atoms with Gasteiger partial charge in [0.25, 0.3) is 10.0 Å². The highest BCUT2D eigenvalue weighted by Crippen LogP contribution is 2.27. The Balaban J connectivity index is 1.80. The summed E-state index contributed by atoms with van der Waals surface area (Å²) in [4.78, 5) is 11.1. The second-order valence-electron chi connectivity index (χ2n) is 6.85. The smallest absolute Gasteiger partial charge is 0.264 e. The number of para-hydroxylation sites is 2. The summed E-state index contributed by atoms with van der Waals surface area (Å²) < 4.78 is 29.0. The normalized spacial score (nSPS) is 12.0. The first-order valence-electron chi connectivity index (χ1n) is 8.84. The van der Waals surface area contributed by atoms with Crippen LogP contribution < -0.4 is 4.72 Å². The van der Waals surface area contributed by atoms with Crippen LogP contribution >= 0.6 is 0 Å². The van der Waals surface area contributed by atoms with Crippen molar-refractivity contribution in [3.8, 4) is 0 Å². The number of hydrogen-bond donors (Lipinski definition) is 1. The number of hydrogen-bond acceptors (Lipinski definition) is 5. The highest BCUT2D eigenvalue weighted by atomic mass is 32.2. The van der Waals surface area contributed by atoms with Gasteiger partial charge in [0.2, 0.25) is 0 Å². The van der Waals surface area contributed by atoms with Crippen molar-refractivity contribution >= 4 is 37.5 Å². The average molecular weight is 392 g/mol. The van der Waals surface area contributed by atoms with E-state index in [0.717, 1.165) is 16.5 Å². The van der Waals surface area contributed by atoms with Crippen molar-refractivity contribution in [3.05, 3.63) is 72.6 Å². The van der Waals surface area contributed by atoms with Crippen LogP contribution in [0, 0.1) is 0 Å². The Bertz CT molecular complexity index is 1260. The standard InChI is InChI=1S/C21H20N4O2S/c1-25(2)14-17-12-11-16-6-3-9-18(20(16)23-17)24-28(26,27)19-10-4-7-15-8-5-13-22-21(15)19/h3-13,24H,14H2,1-2H3. The average Bonchev–Trinajstić information content (AvgIpc) is 2.67. The Morgan fingerprint density at radius 3 is 2.39 bits per heavy atom. The Morgan fingerprint density at radius 2 is 1.61 bits per heavy atom. The minimum atomic E-state index is -3.83. The van der Waals surface area contributed by atoms with E-state index in [2.05, 4.69) is 14.7 Å². The minimum absolute atomic E-state index is 0.145. The summed E-state index contributed by atoms with van der Waals surface area (Å²) in [5.41, 5.74) is 2.39. The number of nitrogens with one attached hydrogen (secondary N) is 1. The fourth-order valence-corrected chi connectivity index (χ4v) is 4.42. The summed E-state index contributed by atoms with van der Waals surface area (Å²) in [6.45, 7) is 0.671. The van der Waals surface area contributed by atoms with Crippen LogP contribution in [-0.2, 0) is 16.6 Å². The van der Waals surface area contributed by atoms with E-state index >= 15 is 0 Å². The van der Waals surface area contributed by atoms with Crippen LogP contribution in [0.15, 0.2) is 71.8 Å². The fraction of sp³-hybridized carbons (Fsp3) is 0.143. The van der Waals surface area contributed by atoms with Crippen molar-refractivity contribution in [2.75, 3.05) is 18.8 Å². The van der Waals surface area contributed by atoms with E-state index in [1.807, 2.05) is 55.4 Å². The van der Waals surface area contributed by atoms with E-state index in [1.54, 1.807) is 30.5 Å². The summed E-state index contributed by atoms with van der Waals surface area (Å²) in [5.74, 6) is 0. The van der Waals surface area contributed by atoms with Crippen LogP contribution in [0.2, 0.25) is 0 Å². The maximum atomic E-state index is 13.1. The fourth-order valence-electron chi connectivity index (χ4n) is 3.17. The summed E-state index contributed by atoms with van der Waals surface area (Å²) in [6, 6.07) is 18.1. The summed E-state index contributed by atoms with van der Waals surface area (Å²) in [5, 5.41) is 1.65. The second kappa shape index (κ2) is 7.18. The third-order valence-electron chi connectivity index (χ3n) is 4.39. The molecule has 0 unspecified atom stereocenters. The van der Waals surface area contributed by atoms with Crippen molar-refractivity contribution < 1.29 is 8.42 Å². The number of sulfonamides is 1. The first kappa shape index (κ1) is 18.3. The first-order chi connectivity index (χ1) is 13.4. The largest absolute Gasteiger partial charge is 0.304 e. The third-order valence-corrected chi connectivity index (χ3v) is 5.78. The number of rotatable bonds is 5. The maximum Gasteiger partial charge on any atom is 0.264 e. The molecule has 6 nitrogen and oxygen atoms in total. The van der Waals surface area contributed by atoms with Crippen molar-refractivity contribution in [2.24, 2.45) is 0 Å². The van der Waals surface area contributed by atoms with Crippen molar-refractivity contribution in [3.63, 3.8) is 0 Å². The van der Waals surface area contributed by atoms with E-state index in [9.17, 15) is 8.42 Å². The molecule has 0 atom stereocenters. The number of fused-ring (bicyclic) bond motifs is 2. The summed E-state index contributed by atoms with van der Waals surface area (Å²) >= 11 is 0. The molecule has 2 heterocycles. The quantitative estimate of drug-likeness (QED) is 0.561. The molecule has 1 N–H and O–H groups in total. The zero-order valence-electron chi connectivity index (χ0n) is 15.6. The lowest BCUT2D eigenvalue weighted by Gasteiger charge is -2.13. The molecule has 2 aromatic carbocycles. The number of benzene rings is 2. The molecule has 0 aliphatic heterocycles. The van der Waals surface area contributed by atoms with Crippen molar-refractivity contribution in [2.45, 2.75) is 11.4 Å². The Hall–Kier alpha value is -3.03. The molecule has 4 aromatic rings. The molecule has 0 spiro atoms. The molecule has 0 bridgehead atoms. The molecule has 142 valence electrons. The molecule has 2 aromatic heterocycles. The second-order valence-corrected chi connectivity index (χ2v) is 8.51. The van der Waals surface area contributed by atoms with Gasteiger partial charge in [-0.2, -0.15) is 0 Å². The predicted octanol–water partition coefficient (Wildman–Crippen LogP) is 3.65. The molecule has 0 fully saturated rings. The SMILES string of the molecule is CN(C)Cc1ccc2cccc(NS(=O)(=O)c3cccc4cccnc34)c2n1. The molecule has 0 saturated heterocycles. The number of anilines is 1. The van der Waals surface area contributed by atoms with Crippen molar-refractivity contribution in [1.82, 2.24) is 14.9 Å². The van der Waals surface area contributed by atoms with Gasteiger partial charge in [0.1, 0.15) is 4.90 Å². The van der Waals surface area contributed by atoms with Crippen LogP contribution in [-0.4, -0.2) is 37.4 Å². The molecule has 0 aliphatic carbocycles. The van der Waals surface area contributed by atoms with Crippen LogP contribution in [0.1, 0.15) is 5.69 Å². The van der Waals surface area contributed by atoms with Crippen LogP contribution in [0.25, 0.3) is 21.8 Å². The van der Waals surface area contributed by atoms with Gasteiger partial charge in [0, 0.05) is 23.5 Å². The number of aromatic nitrogens is 2. The van der Waals surface area contributed by atoms with Crippen LogP contribution in [0.5, 0.6) is 0 Å². The zero-order chi connectivity index (χ0) is 19.7. The van der Waals surface area contributed by atoms with Gasteiger partial charge in [-0.15, -0.1) is 0 Å². The van der Waals surface area contributed by atoms with Gasteiger partial charge in [0.05, 0.1) is 22.4 Å². The maximum absolute atomic E-state index is 13.1. The Morgan fingerprint density at radius 1 is 0.893 bits per heavy atom.